The second kappa shape index (κ2) is 5.44. The molecule has 0 aromatic heterocycles. The molecule has 0 amide bonds. The van der Waals surface area contributed by atoms with E-state index in [9.17, 15) is 12.8 Å². The van der Waals surface area contributed by atoms with Crippen LogP contribution < -0.4 is 9.88 Å². The summed E-state index contributed by atoms with van der Waals surface area (Å²) in [5.41, 5.74) is 0. The molecule has 5 nitrogen and oxygen atoms in total. The summed E-state index contributed by atoms with van der Waals surface area (Å²) < 4.78 is 45.4. The number of rotatable bonds is 5. The lowest BCUT2D eigenvalue weighted by atomic mass is 10.3. The molecule has 0 heterocycles. The van der Waals surface area contributed by atoms with Gasteiger partial charge in [0.05, 0.1) is 11.0 Å². The molecule has 0 saturated heterocycles. The molecule has 0 bridgehead atoms. The Morgan fingerprint density at radius 3 is 2.59 bits per heavy atom. The van der Waals surface area contributed by atoms with Crippen LogP contribution in [0.3, 0.4) is 0 Å². The highest BCUT2D eigenvalue weighted by atomic mass is 32.2. The lowest BCUT2D eigenvalue weighted by Crippen LogP contribution is -2.17. The first kappa shape index (κ1) is 13.9. The lowest BCUT2D eigenvalue weighted by molar-refractivity contribution is 0.0701. The number of primary sulfonamides is 1. The SMILES string of the molecule is COC(C)COc1ccc(S(N)(=O)=O)cc1F. The van der Waals surface area contributed by atoms with Crippen LogP contribution in [0, 0.1) is 5.82 Å². The first-order valence-corrected chi connectivity index (χ1v) is 6.37. The van der Waals surface area contributed by atoms with Crippen molar-refractivity contribution in [3.8, 4) is 5.75 Å². The zero-order valence-electron chi connectivity index (χ0n) is 9.51. The van der Waals surface area contributed by atoms with Crippen molar-refractivity contribution in [2.75, 3.05) is 13.7 Å². The van der Waals surface area contributed by atoms with Gasteiger partial charge < -0.3 is 9.47 Å². The molecule has 0 fully saturated rings. The van der Waals surface area contributed by atoms with Crippen LogP contribution in [0.4, 0.5) is 4.39 Å². The minimum atomic E-state index is -3.90. The first-order chi connectivity index (χ1) is 7.84. The molecule has 0 spiro atoms. The van der Waals surface area contributed by atoms with Gasteiger partial charge in [-0.1, -0.05) is 0 Å². The van der Waals surface area contributed by atoms with Crippen LogP contribution in [0.5, 0.6) is 5.75 Å². The minimum Gasteiger partial charge on any atom is -0.488 e. The van der Waals surface area contributed by atoms with Crippen molar-refractivity contribution in [1.29, 1.82) is 0 Å². The molecule has 7 heteroatoms. The van der Waals surface area contributed by atoms with Gasteiger partial charge >= 0.3 is 0 Å². The normalized spacial score (nSPS) is 13.4. The summed E-state index contributed by atoms with van der Waals surface area (Å²) in [6, 6.07) is 3.23. The molecule has 1 unspecified atom stereocenters. The van der Waals surface area contributed by atoms with Crippen LogP contribution >= 0.6 is 0 Å². The summed E-state index contributed by atoms with van der Waals surface area (Å²) in [7, 11) is -2.39. The quantitative estimate of drug-likeness (QED) is 0.855. The Morgan fingerprint density at radius 1 is 1.47 bits per heavy atom. The number of ether oxygens (including phenoxy) is 2. The van der Waals surface area contributed by atoms with Crippen LogP contribution in [0.1, 0.15) is 6.92 Å². The van der Waals surface area contributed by atoms with E-state index in [-0.39, 0.29) is 23.4 Å². The van der Waals surface area contributed by atoms with Gasteiger partial charge in [0.25, 0.3) is 0 Å². The molecular formula is C10H14FNO4S. The predicted molar refractivity (Wildman–Crippen MR) is 59.7 cm³/mol. The Hall–Kier alpha value is -1.18. The monoisotopic (exact) mass is 263 g/mol. The number of benzene rings is 1. The van der Waals surface area contributed by atoms with Crippen molar-refractivity contribution < 1.29 is 22.3 Å². The molecule has 0 saturated carbocycles. The average molecular weight is 263 g/mol. The van der Waals surface area contributed by atoms with E-state index >= 15 is 0 Å². The molecule has 17 heavy (non-hydrogen) atoms. The maximum Gasteiger partial charge on any atom is 0.238 e. The molecule has 0 aliphatic heterocycles. The standard InChI is InChI=1S/C10H14FNO4S/c1-7(15-2)6-16-10-4-3-8(5-9(10)11)17(12,13)14/h3-5,7H,6H2,1-2H3,(H2,12,13,14). The number of halogens is 1. The summed E-state index contributed by atoms with van der Waals surface area (Å²) in [6.45, 7) is 1.93. The van der Waals surface area contributed by atoms with Gasteiger partial charge in [-0.05, 0) is 25.1 Å². The van der Waals surface area contributed by atoms with Gasteiger partial charge in [-0.2, -0.15) is 0 Å². The molecule has 0 radical (unpaired) electrons. The molecular weight excluding hydrogens is 249 g/mol. The predicted octanol–water partition coefficient (Wildman–Crippen LogP) is 0.887. The highest BCUT2D eigenvalue weighted by Gasteiger charge is 2.12. The van der Waals surface area contributed by atoms with Gasteiger partial charge in [-0.3, -0.25) is 0 Å². The topological polar surface area (TPSA) is 78.6 Å². The summed E-state index contributed by atoms with van der Waals surface area (Å²) >= 11 is 0. The number of hydrogen-bond acceptors (Lipinski definition) is 4. The van der Waals surface area contributed by atoms with Crippen LogP contribution in [0.2, 0.25) is 0 Å². The van der Waals surface area contributed by atoms with Gasteiger partial charge in [0.15, 0.2) is 11.6 Å². The first-order valence-electron chi connectivity index (χ1n) is 4.82. The van der Waals surface area contributed by atoms with Gasteiger partial charge in [0, 0.05) is 7.11 Å². The summed E-state index contributed by atoms with van der Waals surface area (Å²) in [5, 5.41) is 4.86. The number of nitrogens with two attached hydrogens (primary N) is 1. The summed E-state index contributed by atoms with van der Waals surface area (Å²) in [4.78, 5) is -0.290. The number of methoxy groups -OCH3 is 1. The largest absolute Gasteiger partial charge is 0.488 e. The summed E-state index contributed by atoms with van der Waals surface area (Å²) in [5.74, 6) is -0.818. The van der Waals surface area contributed by atoms with Crippen molar-refractivity contribution in [2.24, 2.45) is 5.14 Å². The maximum atomic E-state index is 13.4. The Morgan fingerprint density at radius 2 is 2.12 bits per heavy atom. The zero-order chi connectivity index (χ0) is 13.1. The van der Waals surface area contributed by atoms with E-state index < -0.39 is 15.8 Å². The average Bonchev–Trinajstić information content (AvgIpc) is 2.25. The molecule has 0 aliphatic rings. The van der Waals surface area contributed by atoms with Crippen LogP contribution in [0.15, 0.2) is 23.1 Å². The zero-order valence-corrected chi connectivity index (χ0v) is 10.3. The molecule has 1 aromatic carbocycles. The van der Waals surface area contributed by atoms with E-state index in [4.69, 9.17) is 14.6 Å². The third-order valence-corrected chi connectivity index (χ3v) is 3.02. The highest BCUT2D eigenvalue weighted by molar-refractivity contribution is 7.89. The maximum absolute atomic E-state index is 13.4. The fourth-order valence-corrected chi connectivity index (χ4v) is 1.58. The Labute approximate surface area is 99.4 Å². The van der Waals surface area contributed by atoms with E-state index in [1.54, 1.807) is 6.92 Å². The molecule has 2 N–H and O–H groups in total. The highest BCUT2D eigenvalue weighted by Crippen LogP contribution is 2.20. The van der Waals surface area contributed by atoms with Crippen LogP contribution in [0.25, 0.3) is 0 Å². The number of hydrogen-bond donors (Lipinski definition) is 1. The fourth-order valence-electron chi connectivity index (χ4n) is 1.05. The van der Waals surface area contributed by atoms with Crippen molar-refractivity contribution in [3.05, 3.63) is 24.0 Å². The Balaban J connectivity index is 2.84. The van der Waals surface area contributed by atoms with E-state index in [0.29, 0.717) is 0 Å². The van der Waals surface area contributed by atoms with E-state index in [0.717, 1.165) is 6.07 Å². The summed E-state index contributed by atoms with van der Waals surface area (Å²) in [6.07, 6.45) is -0.188. The number of sulfonamides is 1. The second-order valence-corrected chi connectivity index (χ2v) is 5.06. The van der Waals surface area contributed by atoms with Gasteiger partial charge in [0.1, 0.15) is 6.61 Å². The van der Waals surface area contributed by atoms with E-state index in [1.807, 2.05) is 0 Å². The lowest BCUT2D eigenvalue weighted by Gasteiger charge is -2.12. The van der Waals surface area contributed by atoms with Crippen molar-refractivity contribution >= 4 is 10.0 Å². The smallest absolute Gasteiger partial charge is 0.238 e. The third-order valence-electron chi connectivity index (χ3n) is 2.11. The van der Waals surface area contributed by atoms with Gasteiger partial charge in [-0.15, -0.1) is 0 Å². The third kappa shape index (κ3) is 3.95. The van der Waals surface area contributed by atoms with E-state index in [2.05, 4.69) is 0 Å². The van der Waals surface area contributed by atoms with Gasteiger partial charge in [-0.25, -0.2) is 17.9 Å². The van der Waals surface area contributed by atoms with Gasteiger partial charge in [0.2, 0.25) is 10.0 Å². The molecule has 1 atom stereocenters. The molecule has 96 valence electrons. The fraction of sp³-hybridized carbons (Fsp3) is 0.400. The van der Waals surface area contributed by atoms with Crippen molar-refractivity contribution in [2.45, 2.75) is 17.9 Å². The molecule has 1 aromatic rings. The Kier molecular flexibility index (Phi) is 4.44. The van der Waals surface area contributed by atoms with Crippen molar-refractivity contribution in [1.82, 2.24) is 0 Å². The molecule has 0 aliphatic carbocycles. The van der Waals surface area contributed by atoms with E-state index in [1.165, 1.54) is 19.2 Å². The Bertz CT molecular complexity index is 489. The minimum absolute atomic E-state index is 0.0405. The molecule has 1 rings (SSSR count). The van der Waals surface area contributed by atoms with Crippen molar-refractivity contribution in [3.63, 3.8) is 0 Å². The van der Waals surface area contributed by atoms with Crippen LogP contribution in [-0.4, -0.2) is 28.2 Å². The van der Waals surface area contributed by atoms with Crippen LogP contribution in [-0.2, 0) is 14.8 Å². The second-order valence-electron chi connectivity index (χ2n) is 3.49.